The van der Waals surface area contributed by atoms with Crippen LogP contribution in [0.1, 0.15) is 62.1 Å². The van der Waals surface area contributed by atoms with Gasteiger partial charge in [-0.05, 0) is 25.3 Å². The van der Waals surface area contributed by atoms with Gasteiger partial charge >= 0.3 is 0 Å². The molecule has 2 aliphatic rings. The molecule has 0 aromatic heterocycles. The highest BCUT2D eigenvalue weighted by atomic mass is 16.5. The average Bonchev–Trinajstić information content (AvgIpc) is 2.41. The molecule has 1 aromatic rings. The molecule has 19 heavy (non-hydrogen) atoms. The van der Waals surface area contributed by atoms with Crippen LogP contribution in [0.15, 0.2) is 18.2 Å². The van der Waals surface area contributed by atoms with Crippen LogP contribution < -0.4 is 10.5 Å². The van der Waals surface area contributed by atoms with Gasteiger partial charge in [0.2, 0.25) is 0 Å². The molecule has 0 amide bonds. The maximum atomic E-state index is 6.33. The van der Waals surface area contributed by atoms with Gasteiger partial charge in [0, 0.05) is 18.0 Å². The van der Waals surface area contributed by atoms with E-state index < -0.39 is 0 Å². The molecule has 104 valence electrons. The van der Waals surface area contributed by atoms with E-state index >= 15 is 0 Å². The number of benzene rings is 1. The SMILES string of the molecule is Cc1ccc2c(c1)C(N)CC(CC1CCCCC1)O2. The van der Waals surface area contributed by atoms with E-state index in [9.17, 15) is 0 Å². The third-order valence-electron chi connectivity index (χ3n) is 4.70. The van der Waals surface area contributed by atoms with Gasteiger partial charge in [0.1, 0.15) is 11.9 Å². The third-order valence-corrected chi connectivity index (χ3v) is 4.70. The van der Waals surface area contributed by atoms with Gasteiger partial charge in [-0.3, -0.25) is 0 Å². The van der Waals surface area contributed by atoms with Gasteiger partial charge in [0.25, 0.3) is 0 Å². The summed E-state index contributed by atoms with van der Waals surface area (Å²) >= 11 is 0. The number of ether oxygens (including phenoxy) is 1. The summed E-state index contributed by atoms with van der Waals surface area (Å²) in [7, 11) is 0. The predicted octanol–water partition coefficient (Wildman–Crippen LogP) is 4.12. The van der Waals surface area contributed by atoms with E-state index in [0.29, 0.717) is 6.10 Å². The van der Waals surface area contributed by atoms with Gasteiger partial charge < -0.3 is 10.5 Å². The minimum Gasteiger partial charge on any atom is -0.490 e. The second-order valence-corrected chi connectivity index (χ2v) is 6.36. The summed E-state index contributed by atoms with van der Waals surface area (Å²) in [5.74, 6) is 1.88. The van der Waals surface area contributed by atoms with E-state index in [-0.39, 0.29) is 6.04 Å². The first-order valence-electron chi connectivity index (χ1n) is 7.75. The molecule has 1 aliphatic heterocycles. The molecular weight excluding hydrogens is 234 g/mol. The number of rotatable bonds is 2. The molecule has 2 unspecified atom stereocenters. The lowest BCUT2D eigenvalue weighted by Gasteiger charge is -2.33. The zero-order valence-electron chi connectivity index (χ0n) is 11.9. The number of nitrogens with two attached hydrogens (primary N) is 1. The van der Waals surface area contributed by atoms with E-state index in [1.165, 1.54) is 49.7 Å². The maximum absolute atomic E-state index is 6.33. The zero-order valence-corrected chi connectivity index (χ0v) is 11.9. The predicted molar refractivity (Wildman–Crippen MR) is 78.3 cm³/mol. The lowest BCUT2D eigenvalue weighted by Crippen LogP contribution is -2.31. The Hall–Kier alpha value is -1.02. The van der Waals surface area contributed by atoms with Gasteiger partial charge in [-0.1, -0.05) is 49.8 Å². The Morgan fingerprint density at radius 3 is 2.79 bits per heavy atom. The van der Waals surface area contributed by atoms with Crippen LogP contribution in [0.5, 0.6) is 5.75 Å². The first-order chi connectivity index (χ1) is 9.22. The molecule has 2 N–H and O–H groups in total. The highest BCUT2D eigenvalue weighted by molar-refractivity contribution is 5.40. The topological polar surface area (TPSA) is 35.2 Å². The summed E-state index contributed by atoms with van der Waals surface area (Å²) in [4.78, 5) is 0. The van der Waals surface area contributed by atoms with E-state index in [1.807, 2.05) is 0 Å². The molecule has 1 heterocycles. The highest BCUT2D eigenvalue weighted by Gasteiger charge is 2.28. The Bertz CT molecular complexity index is 437. The number of hydrogen-bond acceptors (Lipinski definition) is 2. The average molecular weight is 259 g/mol. The summed E-state index contributed by atoms with van der Waals surface area (Å²) in [6, 6.07) is 6.54. The van der Waals surface area contributed by atoms with Gasteiger partial charge in [-0.25, -0.2) is 0 Å². The molecule has 0 spiro atoms. The quantitative estimate of drug-likeness (QED) is 0.867. The van der Waals surface area contributed by atoms with Gasteiger partial charge in [-0.15, -0.1) is 0 Å². The van der Waals surface area contributed by atoms with Crippen molar-refractivity contribution in [1.29, 1.82) is 0 Å². The van der Waals surface area contributed by atoms with E-state index in [2.05, 4.69) is 25.1 Å². The molecule has 2 atom stereocenters. The summed E-state index contributed by atoms with van der Waals surface area (Å²) in [6.07, 6.45) is 9.50. The molecule has 1 aromatic carbocycles. The van der Waals surface area contributed by atoms with E-state index in [4.69, 9.17) is 10.5 Å². The molecule has 0 bridgehead atoms. The Labute approximate surface area is 116 Å². The largest absolute Gasteiger partial charge is 0.490 e. The van der Waals surface area contributed by atoms with Crippen molar-refractivity contribution in [3.8, 4) is 5.75 Å². The van der Waals surface area contributed by atoms with E-state index in [0.717, 1.165) is 18.1 Å². The normalized spacial score (nSPS) is 27.7. The molecule has 2 heteroatoms. The molecule has 0 saturated heterocycles. The van der Waals surface area contributed by atoms with Crippen LogP contribution in [-0.4, -0.2) is 6.10 Å². The summed E-state index contributed by atoms with van der Waals surface area (Å²) in [5.41, 5.74) is 8.79. The first kappa shape index (κ1) is 13.0. The van der Waals surface area contributed by atoms with Gasteiger partial charge in [0.05, 0.1) is 0 Å². The Morgan fingerprint density at radius 2 is 2.00 bits per heavy atom. The van der Waals surface area contributed by atoms with Gasteiger partial charge in [0.15, 0.2) is 0 Å². The van der Waals surface area contributed by atoms with Crippen LogP contribution in [0.25, 0.3) is 0 Å². The molecule has 1 saturated carbocycles. The smallest absolute Gasteiger partial charge is 0.124 e. The summed E-state index contributed by atoms with van der Waals surface area (Å²) in [6.45, 7) is 2.11. The monoisotopic (exact) mass is 259 g/mol. The second-order valence-electron chi connectivity index (χ2n) is 6.36. The molecule has 2 nitrogen and oxygen atoms in total. The fraction of sp³-hybridized carbons (Fsp3) is 0.647. The fourth-order valence-electron chi connectivity index (χ4n) is 3.64. The first-order valence-corrected chi connectivity index (χ1v) is 7.75. The lowest BCUT2D eigenvalue weighted by molar-refractivity contribution is 0.120. The molecule has 1 fully saturated rings. The number of fused-ring (bicyclic) bond motifs is 1. The second kappa shape index (κ2) is 5.54. The maximum Gasteiger partial charge on any atom is 0.124 e. The van der Waals surface area contributed by atoms with E-state index in [1.54, 1.807) is 0 Å². The molecule has 0 radical (unpaired) electrons. The van der Waals surface area contributed by atoms with Crippen LogP contribution in [-0.2, 0) is 0 Å². The highest BCUT2D eigenvalue weighted by Crippen LogP contribution is 2.37. The van der Waals surface area contributed by atoms with Crippen molar-refractivity contribution in [3.05, 3.63) is 29.3 Å². The Kier molecular flexibility index (Phi) is 3.79. The molecular formula is C17H25NO. The molecule has 1 aliphatic carbocycles. The van der Waals surface area contributed by atoms with Crippen molar-refractivity contribution in [2.75, 3.05) is 0 Å². The van der Waals surface area contributed by atoms with Crippen molar-refractivity contribution in [2.24, 2.45) is 11.7 Å². The summed E-state index contributed by atoms with van der Waals surface area (Å²) < 4.78 is 6.18. The fourth-order valence-corrected chi connectivity index (χ4v) is 3.64. The van der Waals surface area contributed by atoms with Crippen molar-refractivity contribution in [3.63, 3.8) is 0 Å². The minimum atomic E-state index is 0.150. The van der Waals surface area contributed by atoms with Crippen LogP contribution in [0.4, 0.5) is 0 Å². The minimum absolute atomic E-state index is 0.150. The Balaban J connectivity index is 1.68. The summed E-state index contributed by atoms with van der Waals surface area (Å²) in [5, 5.41) is 0. The van der Waals surface area contributed by atoms with Crippen LogP contribution in [0, 0.1) is 12.8 Å². The van der Waals surface area contributed by atoms with Crippen molar-refractivity contribution < 1.29 is 4.74 Å². The molecule has 3 rings (SSSR count). The van der Waals surface area contributed by atoms with Crippen molar-refractivity contribution in [2.45, 2.75) is 64.0 Å². The Morgan fingerprint density at radius 1 is 1.21 bits per heavy atom. The standard InChI is InChI=1S/C17H25NO/c1-12-7-8-17-15(9-12)16(18)11-14(19-17)10-13-5-3-2-4-6-13/h7-9,13-14,16H,2-6,10-11,18H2,1H3. The third kappa shape index (κ3) is 2.94. The van der Waals surface area contributed by atoms with Gasteiger partial charge in [-0.2, -0.15) is 0 Å². The van der Waals surface area contributed by atoms with Crippen LogP contribution >= 0.6 is 0 Å². The zero-order chi connectivity index (χ0) is 13.2. The van der Waals surface area contributed by atoms with Crippen molar-refractivity contribution in [1.82, 2.24) is 0 Å². The van der Waals surface area contributed by atoms with Crippen LogP contribution in [0.2, 0.25) is 0 Å². The lowest BCUT2D eigenvalue weighted by atomic mass is 9.83. The number of aryl methyl sites for hydroxylation is 1. The van der Waals surface area contributed by atoms with Crippen molar-refractivity contribution >= 4 is 0 Å². The van der Waals surface area contributed by atoms with Crippen LogP contribution in [0.3, 0.4) is 0 Å². The number of hydrogen-bond donors (Lipinski definition) is 1.